The molecule has 0 amide bonds. The molecule has 1 aromatic carbocycles. The zero-order valence-electron chi connectivity index (χ0n) is 14.3. The first kappa shape index (κ1) is 18.0. The van der Waals surface area contributed by atoms with E-state index in [1.165, 1.54) is 4.80 Å². The first-order valence-electron chi connectivity index (χ1n) is 7.85. The van der Waals surface area contributed by atoms with Crippen LogP contribution in [0.2, 0.25) is 0 Å². The van der Waals surface area contributed by atoms with Crippen LogP contribution in [0.25, 0.3) is 11.5 Å². The molecule has 132 valence electrons. The number of carbonyl (C=O) groups is 1. The molecule has 3 aromatic rings. The van der Waals surface area contributed by atoms with Gasteiger partial charge < -0.3 is 10.3 Å². The SMILES string of the molecule is Cc1c(C(=O)c2cccc(Br)c2)c(C#N)n(C)c1-c1nnn(CCN)n1. The summed E-state index contributed by atoms with van der Waals surface area (Å²) >= 11 is 3.37. The molecule has 2 N–H and O–H groups in total. The van der Waals surface area contributed by atoms with E-state index in [4.69, 9.17) is 5.73 Å². The quantitative estimate of drug-likeness (QED) is 0.637. The molecular weight excluding hydrogens is 398 g/mol. The number of ketones is 1. The second kappa shape index (κ2) is 7.19. The van der Waals surface area contributed by atoms with Crippen LogP contribution in [0.15, 0.2) is 28.7 Å². The lowest BCUT2D eigenvalue weighted by Gasteiger charge is -2.02. The van der Waals surface area contributed by atoms with E-state index in [0.29, 0.717) is 41.3 Å². The maximum absolute atomic E-state index is 13.0. The van der Waals surface area contributed by atoms with E-state index >= 15 is 0 Å². The van der Waals surface area contributed by atoms with Crippen molar-refractivity contribution in [1.29, 1.82) is 5.26 Å². The summed E-state index contributed by atoms with van der Waals surface area (Å²) in [4.78, 5) is 14.4. The number of hydrogen-bond acceptors (Lipinski definition) is 6. The monoisotopic (exact) mass is 413 g/mol. The zero-order valence-corrected chi connectivity index (χ0v) is 15.9. The van der Waals surface area contributed by atoms with E-state index in [1.54, 1.807) is 36.7 Å². The van der Waals surface area contributed by atoms with Gasteiger partial charge in [0, 0.05) is 23.6 Å². The van der Waals surface area contributed by atoms with E-state index in [-0.39, 0.29) is 11.5 Å². The lowest BCUT2D eigenvalue weighted by Crippen LogP contribution is -2.12. The Morgan fingerprint density at radius 3 is 2.85 bits per heavy atom. The molecule has 0 bridgehead atoms. The highest BCUT2D eigenvalue weighted by atomic mass is 79.9. The number of aromatic nitrogens is 5. The smallest absolute Gasteiger partial charge is 0.221 e. The van der Waals surface area contributed by atoms with Crippen molar-refractivity contribution < 1.29 is 4.79 Å². The fraction of sp³-hybridized carbons (Fsp3) is 0.235. The highest BCUT2D eigenvalue weighted by Crippen LogP contribution is 2.30. The van der Waals surface area contributed by atoms with Crippen LogP contribution in [-0.2, 0) is 13.6 Å². The molecule has 3 rings (SSSR count). The number of nitrogens with two attached hydrogens (primary N) is 1. The van der Waals surface area contributed by atoms with Crippen LogP contribution in [0.4, 0.5) is 0 Å². The average molecular weight is 414 g/mol. The van der Waals surface area contributed by atoms with Gasteiger partial charge in [0.25, 0.3) is 0 Å². The number of benzene rings is 1. The maximum atomic E-state index is 13.0. The first-order chi connectivity index (χ1) is 12.5. The molecule has 0 spiro atoms. The molecule has 0 aliphatic heterocycles. The Hall–Kier alpha value is -2.83. The second-order valence-electron chi connectivity index (χ2n) is 5.71. The van der Waals surface area contributed by atoms with Crippen LogP contribution >= 0.6 is 15.9 Å². The van der Waals surface area contributed by atoms with E-state index in [2.05, 4.69) is 37.4 Å². The van der Waals surface area contributed by atoms with Gasteiger partial charge in [0.2, 0.25) is 5.82 Å². The first-order valence-corrected chi connectivity index (χ1v) is 8.65. The molecule has 9 heteroatoms. The summed E-state index contributed by atoms with van der Waals surface area (Å²) in [6.07, 6.45) is 0. The van der Waals surface area contributed by atoms with Gasteiger partial charge in [-0.15, -0.1) is 10.2 Å². The van der Waals surface area contributed by atoms with Gasteiger partial charge >= 0.3 is 0 Å². The van der Waals surface area contributed by atoms with E-state index in [9.17, 15) is 10.1 Å². The second-order valence-corrected chi connectivity index (χ2v) is 6.62. The molecule has 0 saturated heterocycles. The summed E-state index contributed by atoms with van der Waals surface area (Å²) in [5, 5.41) is 21.9. The van der Waals surface area contributed by atoms with Crippen LogP contribution in [0.1, 0.15) is 27.2 Å². The van der Waals surface area contributed by atoms with Crippen molar-refractivity contribution >= 4 is 21.7 Å². The lowest BCUT2D eigenvalue weighted by atomic mass is 9.99. The molecule has 0 aliphatic rings. The average Bonchev–Trinajstić information content (AvgIpc) is 3.16. The van der Waals surface area contributed by atoms with Crippen LogP contribution in [0.3, 0.4) is 0 Å². The Kier molecular flexibility index (Phi) is 4.97. The highest BCUT2D eigenvalue weighted by Gasteiger charge is 2.27. The molecule has 0 atom stereocenters. The van der Waals surface area contributed by atoms with Crippen molar-refractivity contribution in [2.24, 2.45) is 12.8 Å². The fourth-order valence-corrected chi connectivity index (χ4v) is 3.28. The fourth-order valence-electron chi connectivity index (χ4n) is 2.88. The van der Waals surface area contributed by atoms with Crippen molar-refractivity contribution in [3.05, 3.63) is 51.1 Å². The van der Waals surface area contributed by atoms with Gasteiger partial charge in [-0.1, -0.05) is 28.1 Å². The maximum Gasteiger partial charge on any atom is 0.221 e. The minimum atomic E-state index is -0.225. The molecule has 0 fully saturated rings. The molecule has 8 nitrogen and oxygen atoms in total. The van der Waals surface area contributed by atoms with Gasteiger partial charge in [-0.2, -0.15) is 10.1 Å². The molecule has 0 aliphatic carbocycles. The normalized spacial score (nSPS) is 10.7. The summed E-state index contributed by atoms with van der Waals surface area (Å²) in [6.45, 7) is 2.61. The predicted molar refractivity (Wildman–Crippen MR) is 98.3 cm³/mol. The van der Waals surface area contributed by atoms with Gasteiger partial charge in [-0.3, -0.25) is 4.79 Å². The van der Waals surface area contributed by atoms with Gasteiger partial charge in [0.1, 0.15) is 11.8 Å². The van der Waals surface area contributed by atoms with E-state index in [1.807, 2.05) is 6.07 Å². The number of halogens is 1. The Balaban J connectivity index is 2.15. The van der Waals surface area contributed by atoms with Crippen LogP contribution in [0, 0.1) is 18.3 Å². The van der Waals surface area contributed by atoms with Gasteiger partial charge in [0.15, 0.2) is 5.78 Å². The lowest BCUT2D eigenvalue weighted by molar-refractivity contribution is 0.103. The third-order valence-corrected chi connectivity index (χ3v) is 4.54. The molecule has 2 heterocycles. The van der Waals surface area contributed by atoms with Crippen molar-refractivity contribution in [1.82, 2.24) is 24.8 Å². The zero-order chi connectivity index (χ0) is 18.8. The number of hydrogen-bond donors (Lipinski definition) is 1. The molecule has 26 heavy (non-hydrogen) atoms. The summed E-state index contributed by atoms with van der Waals surface area (Å²) in [5.74, 6) is 0.125. The number of tetrazole rings is 1. The van der Waals surface area contributed by atoms with Gasteiger partial charge in [-0.25, -0.2) is 0 Å². The molecule has 0 unspecified atom stereocenters. The van der Waals surface area contributed by atoms with Crippen molar-refractivity contribution in [3.63, 3.8) is 0 Å². The Morgan fingerprint density at radius 1 is 1.42 bits per heavy atom. The summed E-state index contributed by atoms with van der Waals surface area (Å²) in [7, 11) is 1.71. The Labute approximate surface area is 158 Å². The van der Waals surface area contributed by atoms with E-state index < -0.39 is 0 Å². The van der Waals surface area contributed by atoms with Crippen LogP contribution < -0.4 is 5.73 Å². The number of nitrogens with zero attached hydrogens (tertiary/aromatic N) is 6. The van der Waals surface area contributed by atoms with Gasteiger partial charge in [-0.05, 0) is 29.8 Å². The van der Waals surface area contributed by atoms with Crippen molar-refractivity contribution in [2.75, 3.05) is 6.54 Å². The summed E-state index contributed by atoms with van der Waals surface area (Å²) in [5.41, 5.74) is 7.84. The Bertz CT molecular complexity index is 1030. The molecular formula is C17H16BrN7O. The third kappa shape index (κ3) is 3.05. The minimum Gasteiger partial charge on any atom is -0.332 e. The molecule has 0 saturated carbocycles. The Morgan fingerprint density at radius 2 is 2.19 bits per heavy atom. The van der Waals surface area contributed by atoms with Gasteiger partial charge in [0.05, 0.1) is 17.8 Å². The molecule has 2 aromatic heterocycles. The number of rotatable bonds is 5. The third-order valence-electron chi connectivity index (χ3n) is 4.05. The highest BCUT2D eigenvalue weighted by molar-refractivity contribution is 9.10. The van der Waals surface area contributed by atoms with Crippen LogP contribution in [-0.4, -0.2) is 37.1 Å². The number of carbonyl (C=O) groups excluding carboxylic acids is 1. The van der Waals surface area contributed by atoms with Crippen LogP contribution in [0.5, 0.6) is 0 Å². The van der Waals surface area contributed by atoms with Crippen molar-refractivity contribution in [2.45, 2.75) is 13.5 Å². The predicted octanol–water partition coefficient (Wildman–Crippen LogP) is 1.81. The largest absolute Gasteiger partial charge is 0.332 e. The van der Waals surface area contributed by atoms with Crippen molar-refractivity contribution in [3.8, 4) is 17.6 Å². The minimum absolute atomic E-state index is 0.225. The summed E-state index contributed by atoms with van der Waals surface area (Å²) < 4.78 is 2.42. The number of nitriles is 1. The molecule has 0 radical (unpaired) electrons. The topological polar surface area (TPSA) is 115 Å². The standard InChI is InChI=1S/C17H16BrN7O/c1-10-14(16(26)11-4-3-5-12(18)8-11)13(9-20)24(2)15(10)17-21-23-25(22-17)7-6-19/h3-5,8H,6-7,19H2,1-2H3. The summed E-state index contributed by atoms with van der Waals surface area (Å²) in [6, 6.07) is 9.18. The van der Waals surface area contributed by atoms with E-state index in [0.717, 1.165) is 4.47 Å².